The van der Waals surface area contributed by atoms with Gasteiger partial charge in [0.25, 0.3) is 0 Å². The lowest BCUT2D eigenvalue weighted by Crippen LogP contribution is -2.18. The predicted octanol–water partition coefficient (Wildman–Crippen LogP) is 3.82. The smallest absolute Gasteiger partial charge is 0.370 e. The molecule has 1 amide bonds. The van der Waals surface area contributed by atoms with E-state index in [1.165, 1.54) is 0 Å². The molecule has 1 aliphatic heterocycles. The quantitative estimate of drug-likeness (QED) is 0.856. The van der Waals surface area contributed by atoms with Gasteiger partial charge in [-0.15, -0.1) is 11.6 Å². The minimum absolute atomic E-state index is 0.0302. The zero-order valence-electron chi connectivity index (χ0n) is 11.2. The van der Waals surface area contributed by atoms with Gasteiger partial charge < -0.3 is 10.1 Å². The van der Waals surface area contributed by atoms with Crippen molar-refractivity contribution in [2.45, 2.75) is 30.8 Å². The normalized spacial score (nSPS) is 16.9. The Hall–Kier alpha value is -1.27. The summed E-state index contributed by atoms with van der Waals surface area (Å²) in [5.41, 5.74) is 2.37. The van der Waals surface area contributed by atoms with Crippen molar-refractivity contribution < 1.29 is 22.7 Å². The number of hydrogen-bond donors (Lipinski definition) is 1. The van der Waals surface area contributed by atoms with Gasteiger partial charge in [-0.25, -0.2) is 0 Å². The van der Waals surface area contributed by atoms with Crippen LogP contribution in [0.1, 0.15) is 29.3 Å². The monoisotopic (exact) mass is 321 g/mol. The van der Waals surface area contributed by atoms with Gasteiger partial charge in [0.1, 0.15) is 6.61 Å². The number of hydrogen-bond acceptors (Lipinski definition) is 2. The predicted molar refractivity (Wildman–Crippen MR) is 73.5 cm³/mol. The molecule has 3 nitrogen and oxygen atoms in total. The Labute approximate surface area is 125 Å². The number of fused-ring (bicyclic) bond motifs is 1. The van der Waals surface area contributed by atoms with Gasteiger partial charge >= 0.3 is 6.18 Å². The lowest BCUT2D eigenvalue weighted by Gasteiger charge is -2.14. The SMILES string of the molecule is O=C1CCCc2cc(C(Cl)COCC(F)(F)F)ccc2N1. The first-order valence-electron chi connectivity index (χ1n) is 6.56. The Morgan fingerprint density at radius 2 is 2.10 bits per heavy atom. The molecular weight excluding hydrogens is 307 g/mol. The van der Waals surface area contributed by atoms with Crippen LogP contribution in [0.2, 0.25) is 0 Å². The molecule has 1 aliphatic rings. The van der Waals surface area contributed by atoms with Crippen molar-refractivity contribution in [3.63, 3.8) is 0 Å². The van der Waals surface area contributed by atoms with Gasteiger partial charge in [-0.05, 0) is 30.0 Å². The van der Waals surface area contributed by atoms with Crippen LogP contribution in [-0.4, -0.2) is 25.3 Å². The van der Waals surface area contributed by atoms with E-state index in [2.05, 4.69) is 10.1 Å². The second kappa shape index (κ2) is 6.66. The number of benzene rings is 1. The zero-order valence-corrected chi connectivity index (χ0v) is 11.9. The first-order valence-corrected chi connectivity index (χ1v) is 7.00. The summed E-state index contributed by atoms with van der Waals surface area (Å²) in [7, 11) is 0. The highest BCUT2D eigenvalue weighted by molar-refractivity contribution is 6.21. The highest BCUT2D eigenvalue weighted by Gasteiger charge is 2.28. The topological polar surface area (TPSA) is 38.3 Å². The molecule has 1 N–H and O–H groups in total. The highest BCUT2D eigenvalue weighted by Crippen LogP contribution is 2.29. The van der Waals surface area contributed by atoms with Crippen LogP contribution in [0, 0.1) is 0 Å². The van der Waals surface area contributed by atoms with Crippen LogP contribution in [0.3, 0.4) is 0 Å². The summed E-state index contributed by atoms with van der Waals surface area (Å²) >= 11 is 6.07. The van der Waals surface area contributed by atoms with E-state index >= 15 is 0 Å². The molecule has 1 atom stereocenters. The van der Waals surface area contributed by atoms with Crippen molar-refractivity contribution in [1.82, 2.24) is 0 Å². The number of carbonyl (C=O) groups is 1. The molecule has 21 heavy (non-hydrogen) atoms. The molecule has 7 heteroatoms. The fourth-order valence-corrected chi connectivity index (χ4v) is 2.39. The maximum Gasteiger partial charge on any atom is 0.411 e. The number of nitrogens with one attached hydrogen (secondary N) is 1. The van der Waals surface area contributed by atoms with Gasteiger partial charge in [0, 0.05) is 12.1 Å². The van der Waals surface area contributed by atoms with Gasteiger partial charge in [-0.3, -0.25) is 4.79 Å². The number of halogens is 4. The van der Waals surface area contributed by atoms with E-state index < -0.39 is 18.2 Å². The van der Waals surface area contributed by atoms with Crippen LogP contribution < -0.4 is 5.32 Å². The number of ether oxygens (including phenoxy) is 1. The molecule has 0 saturated carbocycles. The number of carbonyl (C=O) groups excluding carboxylic acids is 1. The molecule has 0 radical (unpaired) electrons. The number of anilines is 1. The van der Waals surface area contributed by atoms with Crippen LogP contribution in [0.15, 0.2) is 18.2 Å². The molecule has 2 rings (SSSR count). The fourth-order valence-electron chi connectivity index (χ4n) is 2.16. The lowest BCUT2D eigenvalue weighted by molar-refractivity contribution is -0.173. The first-order chi connectivity index (χ1) is 9.85. The standard InChI is InChI=1S/C14H15ClF3NO2/c15-11(7-21-8-14(16,17)18)9-4-5-12-10(6-9)2-1-3-13(20)19-12/h4-6,11H,1-3,7-8H2,(H,19,20). The van der Waals surface area contributed by atoms with Gasteiger partial charge in [0.2, 0.25) is 5.91 Å². The molecule has 1 aromatic rings. The average molecular weight is 322 g/mol. The Morgan fingerprint density at radius 1 is 1.33 bits per heavy atom. The maximum absolute atomic E-state index is 12.0. The number of amides is 1. The largest absolute Gasteiger partial charge is 0.411 e. The van der Waals surface area contributed by atoms with Gasteiger partial charge in [0.05, 0.1) is 12.0 Å². The lowest BCUT2D eigenvalue weighted by atomic mass is 10.0. The zero-order chi connectivity index (χ0) is 15.5. The molecule has 0 saturated heterocycles. The van der Waals surface area contributed by atoms with Crippen LogP contribution in [0.25, 0.3) is 0 Å². The van der Waals surface area contributed by atoms with Crippen LogP contribution in [0.5, 0.6) is 0 Å². The fraction of sp³-hybridized carbons (Fsp3) is 0.500. The van der Waals surface area contributed by atoms with Crippen molar-refractivity contribution >= 4 is 23.2 Å². The van der Waals surface area contributed by atoms with Crippen molar-refractivity contribution in [3.8, 4) is 0 Å². The van der Waals surface area contributed by atoms with Gasteiger partial charge in [0.15, 0.2) is 0 Å². The van der Waals surface area contributed by atoms with Crippen LogP contribution in [0.4, 0.5) is 18.9 Å². The summed E-state index contributed by atoms with van der Waals surface area (Å²) in [6.45, 7) is -1.52. The highest BCUT2D eigenvalue weighted by atomic mass is 35.5. The van der Waals surface area contributed by atoms with E-state index in [4.69, 9.17) is 11.6 Å². The summed E-state index contributed by atoms with van der Waals surface area (Å²) < 4.78 is 40.6. The third-order valence-electron chi connectivity index (χ3n) is 3.14. The second-order valence-electron chi connectivity index (χ2n) is 4.92. The molecule has 0 fully saturated rings. The van der Waals surface area contributed by atoms with Crippen molar-refractivity contribution in [2.75, 3.05) is 18.5 Å². The summed E-state index contributed by atoms with van der Waals surface area (Å²) in [4.78, 5) is 11.4. The van der Waals surface area contributed by atoms with E-state index in [-0.39, 0.29) is 12.5 Å². The second-order valence-corrected chi connectivity index (χ2v) is 5.44. The molecule has 0 aromatic heterocycles. The molecule has 116 valence electrons. The van der Waals surface area contributed by atoms with E-state index in [0.29, 0.717) is 12.0 Å². The van der Waals surface area contributed by atoms with Gasteiger partial charge in [-0.1, -0.05) is 12.1 Å². The van der Waals surface area contributed by atoms with Crippen molar-refractivity contribution in [3.05, 3.63) is 29.3 Å². The van der Waals surface area contributed by atoms with E-state index in [1.807, 2.05) is 6.07 Å². The third-order valence-corrected chi connectivity index (χ3v) is 3.52. The summed E-state index contributed by atoms with van der Waals surface area (Å²) in [5, 5.41) is 2.13. The Kier molecular flexibility index (Phi) is 5.11. The number of rotatable bonds is 4. The maximum atomic E-state index is 12.0. The summed E-state index contributed by atoms with van der Waals surface area (Å²) in [5.74, 6) is -0.0302. The molecule has 1 aromatic carbocycles. The molecule has 1 heterocycles. The Balaban J connectivity index is 2.00. The third kappa shape index (κ3) is 4.89. The summed E-state index contributed by atoms with van der Waals surface area (Å²) in [6, 6.07) is 5.24. The van der Waals surface area contributed by atoms with E-state index in [0.717, 1.165) is 24.1 Å². The van der Waals surface area contributed by atoms with E-state index in [1.54, 1.807) is 12.1 Å². The first kappa shape index (κ1) is 16.1. The molecule has 0 spiro atoms. The molecule has 0 aliphatic carbocycles. The Morgan fingerprint density at radius 3 is 2.81 bits per heavy atom. The minimum Gasteiger partial charge on any atom is -0.370 e. The average Bonchev–Trinajstić information content (AvgIpc) is 2.56. The van der Waals surface area contributed by atoms with Gasteiger partial charge in [-0.2, -0.15) is 13.2 Å². The van der Waals surface area contributed by atoms with E-state index in [9.17, 15) is 18.0 Å². The van der Waals surface area contributed by atoms with Crippen LogP contribution in [-0.2, 0) is 16.0 Å². The number of aryl methyl sites for hydroxylation is 1. The number of alkyl halides is 4. The van der Waals surface area contributed by atoms with Crippen molar-refractivity contribution in [1.29, 1.82) is 0 Å². The molecule has 0 bridgehead atoms. The minimum atomic E-state index is -4.35. The Bertz CT molecular complexity index is 519. The molecule has 1 unspecified atom stereocenters. The van der Waals surface area contributed by atoms with Crippen LogP contribution >= 0.6 is 11.6 Å². The summed E-state index contributed by atoms with van der Waals surface area (Å²) in [6.07, 6.45) is -2.42. The van der Waals surface area contributed by atoms with Crippen molar-refractivity contribution in [2.24, 2.45) is 0 Å². The molecular formula is C14H15ClF3NO2.